The van der Waals surface area contributed by atoms with Crippen LogP contribution in [0.25, 0.3) is 0 Å². The number of rotatable bonds is 7. The summed E-state index contributed by atoms with van der Waals surface area (Å²) in [5.74, 6) is 0.809. The van der Waals surface area contributed by atoms with Crippen LogP contribution in [0, 0.1) is 17.2 Å². The maximum atomic E-state index is 9.85. The molecule has 2 rings (SSSR count). The monoisotopic (exact) mass is 285 g/mol. The largest absolute Gasteiger partial charge is 0.300 e. The zero-order chi connectivity index (χ0) is 15.1. The molecular weight excluding hydrogens is 258 g/mol. The van der Waals surface area contributed by atoms with E-state index in [1.54, 1.807) is 0 Å². The first-order valence-electron chi connectivity index (χ1n) is 8.18. The molecule has 0 spiro atoms. The molecule has 3 heteroatoms. The first kappa shape index (κ1) is 16.0. The number of hydrogen-bond acceptors (Lipinski definition) is 3. The highest BCUT2D eigenvalue weighted by Crippen LogP contribution is 2.27. The fourth-order valence-corrected chi connectivity index (χ4v) is 3.45. The van der Waals surface area contributed by atoms with Gasteiger partial charge < -0.3 is 0 Å². The molecule has 0 aliphatic carbocycles. The van der Waals surface area contributed by atoms with Crippen molar-refractivity contribution in [1.82, 2.24) is 10.2 Å². The molecule has 1 N–H and O–H groups in total. The minimum atomic E-state index is -0.586. The lowest BCUT2D eigenvalue weighted by Gasteiger charge is -2.32. The summed E-state index contributed by atoms with van der Waals surface area (Å²) >= 11 is 0. The van der Waals surface area contributed by atoms with Gasteiger partial charge in [0.15, 0.2) is 0 Å². The summed E-state index contributed by atoms with van der Waals surface area (Å²) in [4.78, 5) is 2.46. The van der Waals surface area contributed by atoms with Crippen molar-refractivity contribution in [2.75, 3.05) is 26.2 Å². The Labute approximate surface area is 129 Å². The summed E-state index contributed by atoms with van der Waals surface area (Å²) < 4.78 is 0. The quantitative estimate of drug-likeness (QED) is 0.836. The summed E-state index contributed by atoms with van der Waals surface area (Å²) in [7, 11) is 0. The molecule has 1 heterocycles. The Hall–Kier alpha value is -1.37. The number of hydrogen-bond donors (Lipinski definition) is 1. The van der Waals surface area contributed by atoms with Crippen LogP contribution in [0.5, 0.6) is 0 Å². The molecule has 0 bridgehead atoms. The number of nitrogens with zero attached hydrogens (tertiary/aromatic N) is 2. The lowest BCUT2D eigenvalue weighted by atomic mass is 9.90. The third kappa shape index (κ3) is 3.84. The standard InChI is InChI=1S/C18H27N3/c1-3-8-16-11-12-21(13-16)15-18(14-19,20-4-2)17-9-6-5-7-10-17/h5-7,9-10,16,20H,3-4,8,11-13,15H2,1-2H3. The van der Waals surface area contributed by atoms with Crippen molar-refractivity contribution < 1.29 is 0 Å². The van der Waals surface area contributed by atoms with Gasteiger partial charge in [0.25, 0.3) is 0 Å². The Morgan fingerprint density at radius 1 is 1.33 bits per heavy atom. The average Bonchev–Trinajstić information content (AvgIpc) is 2.95. The van der Waals surface area contributed by atoms with Crippen molar-refractivity contribution in [3.05, 3.63) is 35.9 Å². The average molecular weight is 285 g/mol. The molecule has 0 saturated carbocycles. The second-order valence-electron chi connectivity index (χ2n) is 6.09. The van der Waals surface area contributed by atoms with Crippen molar-refractivity contribution >= 4 is 0 Å². The summed E-state index contributed by atoms with van der Waals surface area (Å²) in [5.41, 5.74) is 0.491. The molecule has 1 aliphatic heterocycles. The fourth-order valence-electron chi connectivity index (χ4n) is 3.45. The van der Waals surface area contributed by atoms with Gasteiger partial charge in [-0.2, -0.15) is 5.26 Å². The van der Waals surface area contributed by atoms with Crippen LogP contribution in [0.15, 0.2) is 30.3 Å². The summed E-state index contributed by atoms with van der Waals surface area (Å²) in [6.07, 6.45) is 3.84. The van der Waals surface area contributed by atoms with Crippen LogP contribution in [0.2, 0.25) is 0 Å². The maximum absolute atomic E-state index is 9.85. The first-order chi connectivity index (χ1) is 10.2. The van der Waals surface area contributed by atoms with Crippen molar-refractivity contribution in [2.45, 2.75) is 38.6 Å². The molecule has 1 aliphatic rings. The van der Waals surface area contributed by atoms with E-state index in [1.165, 1.54) is 19.3 Å². The molecule has 1 aromatic rings. The molecule has 2 unspecified atom stereocenters. The van der Waals surface area contributed by atoms with Gasteiger partial charge >= 0.3 is 0 Å². The van der Waals surface area contributed by atoms with E-state index in [0.717, 1.165) is 37.7 Å². The van der Waals surface area contributed by atoms with E-state index in [9.17, 15) is 5.26 Å². The van der Waals surface area contributed by atoms with Gasteiger partial charge in [0.2, 0.25) is 0 Å². The molecule has 0 amide bonds. The zero-order valence-electron chi connectivity index (χ0n) is 13.3. The molecule has 21 heavy (non-hydrogen) atoms. The number of likely N-dealkylation sites (tertiary alicyclic amines) is 1. The third-order valence-electron chi connectivity index (χ3n) is 4.46. The molecule has 0 radical (unpaired) electrons. The minimum absolute atomic E-state index is 0.586. The highest BCUT2D eigenvalue weighted by Gasteiger charge is 2.35. The summed E-state index contributed by atoms with van der Waals surface area (Å²) in [6, 6.07) is 12.7. The van der Waals surface area contributed by atoms with Crippen molar-refractivity contribution in [3.63, 3.8) is 0 Å². The van der Waals surface area contributed by atoms with Gasteiger partial charge in [-0.3, -0.25) is 10.2 Å². The SMILES string of the molecule is CCCC1CCN(CC(C#N)(NCC)c2ccccc2)C1. The topological polar surface area (TPSA) is 39.1 Å². The van der Waals surface area contributed by atoms with Gasteiger partial charge in [-0.15, -0.1) is 0 Å². The van der Waals surface area contributed by atoms with Crippen LogP contribution in [-0.4, -0.2) is 31.1 Å². The molecule has 1 fully saturated rings. The second-order valence-corrected chi connectivity index (χ2v) is 6.09. The normalized spacial score (nSPS) is 21.9. The van der Waals surface area contributed by atoms with Crippen LogP contribution in [0.4, 0.5) is 0 Å². The Morgan fingerprint density at radius 2 is 2.10 bits per heavy atom. The second kappa shape index (κ2) is 7.59. The Kier molecular flexibility index (Phi) is 5.78. The van der Waals surface area contributed by atoms with E-state index in [4.69, 9.17) is 0 Å². The first-order valence-corrected chi connectivity index (χ1v) is 8.18. The highest BCUT2D eigenvalue weighted by atomic mass is 15.2. The summed E-state index contributed by atoms with van der Waals surface area (Å²) in [6.45, 7) is 8.15. The minimum Gasteiger partial charge on any atom is -0.300 e. The number of nitriles is 1. The molecule has 0 aromatic heterocycles. The van der Waals surface area contributed by atoms with E-state index in [2.05, 4.69) is 42.3 Å². The predicted molar refractivity (Wildman–Crippen MR) is 86.9 cm³/mol. The lowest BCUT2D eigenvalue weighted by Crippen LogP contribution is -2.49. The smallest absolute Gasteiger partial charge is 0.145 e. The van der Waals surface area contributed by atoms with Crippen molar-refractivity contribution in [1.29, 1.82) is 5.26 Å². The highest BCUT2D eigenvalue weighted by molar-refractivity contribution is 5.32. The molecule has 114 valence electrons. The fraction of sp³-hybridized carbons (Fsp3) is 0.611. The van der Waals surface area contributed by atoms with E-state index < -0.39 is 5.54 Å². The number of benzene rings is 1. The van der Waals surface area contributed by atoms with Crippen LogP contribution in [-0.2, 0) is 5.54 Å². The van der Waals surface area contributed by atoms with Gasteiger partial charge in [-0.05, 0) is 37.4 Å². The lowest BCUT2D eigenvalue weighted by molar-refractivity contribution is 0.243. The third-order valence-corrected chi connectivity index (χ3v) is 4.46. The molecular formula is C18H27N3. The van der Waals surface area contributed by atoms with Crippen LogP contribution in [0.3, 0.4) is 0 Å². The van der Waals surface area contributed by atoms with Gasteiger partial charge in [0.1, 0.15) is 5.54 Å². The van der Waals surface area contributed by atoms with Gasteiger partial charge in [0, 0.05) is 13.1 Å². The summed E-state index contributed by atoms with van der Waals surface area (Å²) in [5, 5.41) is 13.3. The Bertz CT molecular complexity index is 465. The molecule has 1 aromatic carbocycles. The van der Waals surface area contributed by atoms with Crippen molar-refractivity contribution in [2.24, 2.45) is 5.92 Å². The van der Waals surface area contributed by atoms with Crippen molar-refractivity contribution in [3.8, 4) is 6.07 Å². The van der Waals surface area contributed by atoms with E-state index in [-0.39, 0.29) is 0 Å². The maximum Gasteiger partial charge on any atom is 0.145 e. The number of nitrogens with one attached hydrogen (secondary N) is 1. The van der Waals surface area contributed by atoms with Gasteiger partial charge in [0.05, 0.1) is 6.07 Å². The van der Waals surface area contributed by atoms with Crippen LogP contribution >= 0.6 is 0 Å². The van der Waals surface area contributed by atoms with Crippen LogP contribution < -0.4 is 5.32 Å². The predicted octanol–water partition coefficient (Wildman–Crippen LogP) is 3.14. The number of likely N-dealkylation sites (N-methyl/N-ethyl adjacent to an activating group) is 1. The van der Waals surface area contributed by atoms with E-state index in [0.29, 0.717) is 0 Å². The Morgan fingerprint density at radius 3 is 2.71 bits per heavy atom. The van der Waals surface area contributed by atoms with Gasteiger partial charge in [-0.25, -0.2) is 0 Å². The molecule has 1 saturated heterocycles. The van der Waals surface area contributed by atoms with Gasteiger partial charge in [-0.1, -0.05) is 50.6 Å². The van der Waals surface area contributed by atoms with E-state index >= 15 is 0 Å². The van der Waals surface area contributed by atoms with Crippen LogP contribution in [0.1, 0.15) is 38.7 Å². The molecule has 3 nitrogen and oxygen atoms in total. The Balaban J connectivity index is 2.13. The van der Waals surface area contributed by atoms with E-state index in [1.807, 2.05) is 18.2 Å². The zero-order valence-corrected chi connectivity index (χ0v) is 13.3. The molecule has 2 atom stereocenters.